The highest BCUT2D eigenvalue weighted by Crippen LogP contribution is 2.35. The number of rotatable bonds is 7. The van der Waals surface area contributed by atoms with E-state index in [1.165, 1.54) is 0 Å². The summed E-state index contributed by atoms with van der Waals surface area (Å²) in [7, 11) is 0. The van der Waals surface area contributed by atoms with Crippen LogP contribution in [0.4, 0.5) is 5.69 Å². The minimum atomic E-state index is -0.170. The smallest absolute Gasteiger partial charge is 0.255 e. The van der Waals surface area contributed by atoms with E-state index in [1.807, 2.05) is 75.4 Å². The van der Waals surface area contributed by atoms with Crippen LogP contribution < -0.4 is 14.8 Å². The van der Waals surface area contributed by atoms with E-state index in [0.717, 1.165) is 25.9 Å². The highest BCUT2D eigenvalue weighted by atomic mass is 127. The summed E-state index contributed by atoms with van der Waals surface area (Å²) in [5.41, 5.74) is 4.51. The Balaban J connectivity index is 1.85. The van der Waals surface area contributed by atoms with E-state index in [2.05, 4.69) is 27.9 Å². The molecule has 3 aromatic rings. The van der Waals surface area contributed by atoms with Gasteiger partial charge >= 0.3 is 0 Å². The Labute approximate surface area is 185 Å². The first-order valence-electron chi connectivity index (χ1n) is 9.50. The molecule has 0 fully saturated rings. The van der Waals surface area contributed by atoms with Crippen molar-refractivity contribution < 1.29 is 14.3 Å². The Bertz CT molecular complexity index is 982. The molecule has 0 aliphatic heterocycles. The Morgan fingerprint density at radius 2 is 1.66 bits per heavy atom. The maximum atomic E-state index is 12.9. The van der Waals surface area contributed by atoms with Gasteiger partial charge in [-0.05, 0) is 72.2 Å². The predicted molar refractivity (Wildman–Crippen MR) is 125 cm³/mol. The summed E-state index contributed by atoms with van der Waals surface area (Å²) in [6.07, 6.45) is 0. The van der Waals surface area contributed by atoms with Crippen molar-refractivity contribution in [1.82, 2.24) is 0 Å². The number of hydrogen-bond acceptors (Lipinski definition) is 3. The Hall–Kier alpha value is -2.54. The summed E-state index contributed by atoms with van der Waals surface area (Å²) < 4.78 is 12.6. The molecular formula is C24H24INO3. The molecule has 0 aliphatic rings. The number of anilines is 1. The second kappa shape index (κ2) is 9.78. The number of benzene rings is 3. The van der Waals surface area contributed by atoms with E-state index in [4.69, 9.17) is 9.47 Å². The molecule has 3 rings (SSSR count). The second-order valence-corrected chi connectivity index (χ2v) is 7.88. The van der Waals surface area contributed by atoms with Gasteiger partial charge in [0.25, 0.3) is 5.91 Å². The van der Waals surface area contributed by atoms with Crippen LogP contribution in [-0.4, -0.2) is 12.5 Å². The van der Waals surface area contributed by atoms with Crippen LogP contribution in [0.15, 0.2) is 60.7 Å². The first kappa shape index (κ1) is 21.2. The number of hydrogen-bond donors (Lipinski definition) is 1. The average Bonchev–Trinajstić information content (AvgIpc) is 2.71. The van der Waals surface area contributed by atoms with Crippen LogP contribution in [0.1, 0.15) is 34.0 Å². The van der Waals surface area contributed by atoms with E-state index in [-0.39, 0.29) is 5.91 Å². The Morgan fingerprint density at radius 3 is 2.31 bits per heavy atom. The molecule has 0 heterocycles. The predicted octanol–water partition coefficient (Wildman–Crippen LogP) is 6.14. The molecule has 0 saturated carbocycles. The van der Waals surface area contributed by atoms with Gasteiger partial charge in [0.1, 0.15) is 6.61 Å². The molecule has 3 aromatic carbocycles. The number of para-hydroxylation sites is 1. The number of halogens is 1. The third-order valence-corrected chi connectivity index (χ3v) is 5.32. The molecular weight excluding hydrogens is 477 g/mol. The zero-order chi connectivity index (χ0) is 20.8. The van der Waals surface area contributed by atoms with Gasteiger partial charge in [0.05, 0.1) is 10.2 Å². The third kappa shape index (κ3) is 5.29. The lowest BCUT2D eigenvalue weighted by Gasteiger charge is -2.16. The molecule has 4 nitrogen and oxygen atoms in total. The van der Waals surface area contributed by atoms with E-state index in [0.29, 0.717) is 30.3 Å². The maximum Gasteiger partial charge on any atom is 0.255 e. The number of aryl methyl sites for hydroxylation is 2. The fourth-order valence-corrected chi connectivity index (χ4v) is 3.79. The fraction of sp³-hybridized carbons (Fsp3) is 0.208. The Morgan fingerprint density at radius 1 is 0.966 bits per heavy atom. The summed E-state index contributed by atoms with van der Waals surface area (Å²) in [5.74, 6) is 1.05. The van der Waals surface area contributed by atoms with Crippen molar-refractivity contribution in [3.63, 3.8) is 0 Å². The van der Waals surface area contributed by atoms with Crippen molar-refractivity contribution in [2.45, 2.75) is 27.4 Å². The standard InChI is InChI=1S/C24H24INO3/c1-4-28-21-14-19(24(27)26-22-16(2)9-8-10-17(22)3)13-20(25)23(21)29-15-18-11-6-5-7-12-18/h5-14H,4,15H2,1-3H3,(H,26,27). The van der Waals surface area contributed by atoms with E-state index in [1.54, 1.807) is 6.07 Å². The molecule has 0 unspecified atom stereocenters. The molecule has 0 aromatic heterocycles. The first-order valence-corrected chi connectivity index (χ1v) is 10.6. The van der Waals surface area contributed by atoms with E-state index < -0.39 is 0 Å². The molecule has 150 valence electrons. The average molecular weight is 501 g/mol. The molecule has 0 saturated heterocycles. The van der Waals surface area contributed by atoms with Crippen LogP contribution in [0.5, 0.6) is 11.5 Å². The van der Waals surface area contributed by atoms with E-state index >= 15 is 0 Å². The molecule has 1 N–H and O–H groups in total. The van der Waals surface area contributed by atoms with Gasteiger partial charge in [-0.1, -0.05) is 48.5 Å². The van der Waals surface area contributed by atoms with Gasteiger partial charge in [-0.2, -0.15) is 0 Å². The minimum absolute atomic E-state index is 0.170. The van der Waals surface area contributed by atoms with Crippen molar-refractivity contribution in [3.8, 4) is 11.5 Å². The minimum Gasteiger partial charge on any atom is -0.490 e. The van der Waals surface area contributed by atoms with Crippen LogP contribution in [0.3, 0.4) is 0 Å². The van der Waals surface area contributed by atoms with Gasteiger partial charge in [0.15, 0.2) is 11.5 Å². The van der Waals surface area contributed by atoms with Gasteiger partial charge in [0, 0.05) is 11.3 Å². The first-order chi connectivity index (χ1) is 14.0. The largest absolute Gasteiger partial charge is 0.490 e. The van der Waals surface area contributed by atoms with Crippen LogP contribution in [0.25, 0.3) is 0 Å². The highest BCUT2D eigenvalue weighted by Gasteiger charge is 2.17. The monoisotopic (exact) mass is 501 g/mol. The van der Waals surface area contributed by atoms with Gasteiger partial charge < -0.3 is 14.8 Å². The third-order valence-electron chi connectivity index (χ3n) is 4.52. The number of nitrogens with one attached hydrogen (secondary N) is 1. The topological polar surface area (TPSA) is 47.6 Å². The summed E-state index contributed by atoms with van der Waals surface area (Å²) in [4.78, 5) is 12.9. The Kier molecular flexibility index (Phi) is 7.14. The van der Waals surface area contributed by atoms with Crippen molar-refractivity contribution in [2.24, 2.45) is 0 Å². The van der Waals surface area contributed by atoms with Gasteiger partial charge in [-0.25, -0.2) is 0 Å². The van der Waals surface area contributed by atoms with Crippen LogP contribution in [0.2, 0.25) is 0 Å². The van der Waals surface area contributed by atoms with Gasteiger partial charge in [-0.15, -0.1) is 0 Å². The zero-order valence-electron chi connectivity index (χ0n) is 16.8. The van der Waals surface area contributed by atoms with Gasteiger partial charge in [-0.3, -0.25) is 4.79 Å². The summed E-state index contributed by atoms with van der Waals surface area (Å²) >= 11 is 2.19. The summed E-state index contributed by atoms with van der Waals surface area (Å²) in [6.45, 7) is 6.80. The normalized spacial score (nSPS) is 10.5. The molecule has 0 aliphatic carbocycles. The zero-order valence-corrected chi connectivity index (χ0v) is 18.9. The summed E-state index contributed by atoms with van der Waals surface area (Å²) in [5, 5.41) is 3.03. The molecule has 0 radical (unpaired) electrons. The van der Waals surface area contributed by atoms with Crippen LogP contribution in [0, 0.1) is 17.4 Å². The lowest BCUT2D eigenvalue weighted by Crippen LogP contribution is -2.14. The molecule has 5 heteroatoms. The number of amides is 1. The summed E-state index contributed by atoms with van der Waals surface area (Å²) in [6, 6.07) is 19.5. The maximum absolute atomic E-state index is 12.9. The van der Waals surface area contributed by atoms with Crippen molar-refractivity contribution >= 4 is 34.2 Å². The van der Waals surface area contributed by atoms with Crippen LogP contribution in [-0.2, 0) is 6.61 Å². The fourth-order valence-electron chi connectivity index (χ4n) is 3.03. The second-order valence-electron chi connectivity index (χ2n) is 6.71. The molecule has 29 heavy (non-hydrogen) atoms. The van der Waals surface area contributed by atoms with Crippen molar-refractivity contribution in [3.05, 3.63) is 86.5 Å². The van der Waals surface area contributed by atoms with E-state index in [9.17, 15) is 4.79 Å². The number of carbonyl (C=O) groups excluding carboxylic acids is 1. The molecule has 0 spiro atoms. The quantitative estimate of drug-likeness (QED) is 0.396. The van der Waals surface area contributed by atoms with Gasteiger partial charge in [0.2, 0.25) is 0 Å². The van der Waals surface area contributed by atoms with Crippen molar-refractivity contribution in [1.29, 1.82) is 0 Å². The highest BCUT2D eigenvalue weighted by molar-refractivity contribution is 14.1. The number of ether oxygens (including phenoxy) is 2. The lowest BCUT2D eigenvalue weighted by atomic mass is 10.1. The number of carbonyl (C=O) groups is 1. The molecule has 0 atom stereocenters. The lowest BCUT2D eigenvalue weighted by molar-refractivity contribution is 0.102. The molecule has 1 amide bonds. The SMILES string of the molecule is CCOc1cc(C(=O)Nc2c(C)cccc2C)cc(I)c1OCc1ccccc1. The van der Waals surface area contributed by atoms with Crippen molar-refractivity contribution in [2.75, 3.05) is 11.9 Å². The van der Waals surface area contributed by atoms with Crippen LogP contribution >= 0.6 is 22.6 Å². The molecule has 0 bridgehead atoms.